The topological polar surface area (TPSA) is 49.4 Å². The molecule has 2 atom stereocenters. The molecule has 4 nitrogen and oxygen atoms in total. The van der Waals surface area contributed by atoms with E-state index in [-0.39, 0.29) is 29.8 Å². The molecule has 3 aromatic rings. The molecular formula is C27H23FN2O2. The van der Waals surface area contributed by atoms with Crippen LogP contribution in [0.1, 0.15) is 42.9 Å². The minimum atomic E-state index is -0.547. The van der Waals surface area contributed by atoms with E-state index in [9.17, 15) is 14.0 Å². The van der Waals surface area contributed by atoms with E-state index < -0.39 is 6.04 Å². The molecule has 0 aromatic heterocycles. The Morgan fingerprint density at radius 2 is 1.62 bits per heavy atom. The number of hydrogen-bond acceptors (Lipinski definition) is 3. The summed E-state index contributed by atoms with van der Waals surface area (Å²) in [6.07, 6.45) is 0.693. The number of nitrogens with zero attached hydrogens (tertiary/aromatic N) is 1. The molecule has 0 fully saturated rings. The van der Waals surface area contributed by atoms with Gasteiger partial charge in [-0.3, -0.25) is 14.5 Å². The second-order valence-electron chi connectivity index (χ2n) is 8.29. The zero-order chi connectivity index (χ0) is 22.2. The van der Waals surface area contributed by atoms with Crippen LogP contribution in [0.4, 0.5) is 15.8 Å². The number of ketones is 1. The molecule has 160 valence electrons. The molecule has 1 heterocycles. The van der Waals surface area contributed by atoms with Gasteiger partial charge in [0.25, 0.3) is 0 Å². The first kappa shape index (κ1) is 20.2. The number of Topliss-reactive ketones (excluding diaryl/α,β-unsaturated/α-hetero) is 1. The quantitative estimate of drug-likeness (QED) is 0.568. The van der Waals surface area contributed by atoms with Gasteiger partial charge in [-0.05, 0) is 41.7 Å². The van der Waals surface area contributed by atoms with Crippen LogP contribution in [0.25, 0.3) is 0 Å². The van der Waals surface area contributed by atoms with E-state index in [2.05, 4.69) is 5.32 Å². The van der Waals surface area contributed by atoms with E-state index in [1.807, 2.05) is 54.6 Å². The number of anilines is 2. The number of fused-ring (bicyclic) bond motifs is 1. The maximum absolute atomic E-state index is 14.6. The maximum atomic E-state index is 14.6. The van der Waals surface area contributed by atoms with Crippen LogP contribution in [-0.2, 0) is 9.59 Å². The molecule has 5 rings (SSSR count). The van der Waals surface area contributed by atoms with Crippen LogP contribution in [0, 0.1) is 5.82 Å². The van der Waals surface area contributed by atoms with E-state index in [0.717, 1.165) is 22.6 Å². The number of benzene rings is 3. The first-order valence-corrected chi connectivity index (χ1v) is 10.8. The SMILES string of the molecule is CC(=O)N1c2ccccc2NC2=C(C(=O)C[C@@H](c3ccccc3F)C2)[C@H]1c1ccccc1. The van der Waals surface area contributed by atoms with E-state index >= 15 is 0 Å². The number of rotatable bonds is 2. The van der Waals surface area contributed by atoms with Crippen molar-refractivity contribution in [2.24, 2.45) is 0 Å². The van der Waals surface area contributed by atoms with Crippen molar-refractivity contribution in [2.45, 2.75) is 31.7 Å². The summed E-state index contributed by atoms with van der Waals surface area (Å²) in [5.41, 5.74) is 4.22. The van der Waals surface area contributed by atoms with E-state index in [0.29, 0.717) is 17.6 Å². The van der Waals surface area contributed by atoms with Crippen molar-refractivity contribution in [1.82, 2.24) is 0 Å². The van der Waals surface area contributed by atoms with E-state index in [1.54, 1.807) is 23.1 Å². The second-order valence-corrected chi connectivity index (χ2v) is 8.29. The van der Waals surface area contributed by atoms with Crippen molar-refractivity contribution < 1.29 is 14.0 Å². The molecule has 0 unspecified atom stereocenters. The highest BCUT2D eigenvalue weighted by molar-refractivity contribution is 6.05. The molecule has 0 radical (unpaired) electrons. The standard InChI is InChI=1S/C27H23FN2O2/c1-17(31)30-24-14-8-7-13-22(24)29-23-15-19(20-11-5-6-12-21(20)28)16-25(32)26(23)27(30)18-9-3-2-4-10-18/h2-14,19,27,29H,15-16H2,1H3/t19-,27+/m0/s1. The Morgan fingerprint density at radius 3 is 2.38 bits per heavy atom. The highest BCUT2D eigenvalue weighted by Gasteiger charge is 2.41. The fourth-order valence-corrected chi connectivity index (χ4v) is 4.92. The van der Waals surface area contributed by atoms with Gasteiger partial charge in [-0.1, -0.05) is 60.7 Å². The van der Waals surface area contributed by atoms with Crippen LogP contribution in [0.15, 0.2) is 90.1 Å². The van der Waals surface area contributed by atoms with Crippen LogP contribution in [0.5, 0.6) is 0 Å². The molecule has 0 saturated heterocycles. The fraction of sp³-hybridized carbons (Fsp3) is 0.185. The summed E-state index contributed by atoms with van der Waals surface area (Å²) >= 11 is 0. The average Bonchev–Trinajstić information content (AvgIpc) is 2.94. The molecule has 1 amide bonds. The Balaban J connectivity index is 1.71. The molecule has 5 heteroatoms. The smallest absolute Gasteiger partial charge is 0.224 e. The summed E-state index contributed by atoms with van der Waals surface area (Å²) in [6.45, 7) is 1.52. The Hall–Kier alpha value is -3.73. The van der Waals surface area contributed by atoms with Gasteiger partial charge in [-0.25, -0.2) is 4.39 Å². The van der Waals surface area contributed by atoms with Crippen molar-refractivity contribution in [3.8, 4) is 0 Å². The molecule has 0 bridgehead atoms. The minimum absolute atomic E-state index is 0.0695. The number of halogens is 1. The fourth-order valence-electron chi connectivity index (χ4n) is 4.92. The van der Waals surface area contributed by atoms with Gasteiger partial charge in [-0.15, -0.1) is 0 Å². The van der Waals surface area contributed by atoms with Gasteiger partial charge in [0.1, 0.15) is 5.82 Å². The Kier molecular flexibility index (Phi) is 5.10. The Bertz CT molecular complexity index is 1240. The summed E-state index contributed by atoms with van der Waals surface area (Å²) < 4.78 is 14.6. The monoisotopic (exact) mass is 426 g/mol. The Morgan fingerprint density at radius 1 is 0.938 bits per heavy atom. The lowest BCUT2D eigenvalue weighted by atomic mass is 9.78. The van der Waals surface area contributed by atoms with Crippen molar-refractivity contribution in [3.05, 3.63) is 107 Å². The molecule has 0 saturated carbocycles. The van der Waals surface area contributed by atoms with Gasteiger partial charge in [-0.2, -0.15) is 0 Å². The molecule has 1 N–H and O–H groups in total. The van der Waals surface area contributed by atoms with Crippen LogP contribution >= 0.6 is 0 Å². The molecule has 0 spiro atoms. The lowest BCUT2D eigenvalue weighted by Gasteiger charge is -2.34. The zero-order valence-corrected chi connectivity index (χ0v) is 17.7. The predicted molar refractivity (Wildman–Crippen MR) is 123 cm³/mol. The summed E-state index contributed by atoms with van der Waals surface area (Å²) in [5, 5.41) is 3.44. The largest absolute Gasteiger partial charge is 0.357 e. The number of allylic oxidation sites excluding steroid dienone is 1. The molecular weight excluding hydrogens is 403 g/mol. The summed E-state index contributed by atoms with van der Waals surface area (Å²) in [7, 11) is 0. The van der Waals surface area contributed by atoms with Crippen LogP contribution in [-0.4, -0.2) is 11.7 Å². The molecule has 1 aliphatic heterocycles. The zero-order valence-electron chi connectivity index (χ0n) is 17.7. The first-order chi connectivity index (χ1) is 15.5. The minimum Gasteiger partial charge on any atom is -0.357 e. The third kappa shape index (κ3) is 3.40. The van der Waals surface area contributed by atoms with Crippen LogP contribution < -0.4 is 10.2 Å². The van der Waals surface area contributed by atoms with E-state index in [4.69, 9.17) is 0 Å². The lowest BCUT2D eigenvalue weighted by Crippen LogP contribution is -2.37. The van der Waals surface area contributed by atoms with Gasteiger partial charge < -0.3 is 5.32 Å². The Labute approximate surface area is 186 Å². The summed E-state index contributed by atoms with van der Waals surface area (Å²) in [5.74, 6) is -0.776. The number of hydrogen-bond donors (Lipinski definition) is 1. The lowest BCUT2D eigenvalue weighted by molar-refractivity contribution is -0.117. The van der Waals surface area contributed by atoms with Gasteiger partial charge in [0, 0.05) is 24.6 Å². The number of nitrogens with one attached hydrogen (secondary N) is 1. The van der Waals surface area contributed by atoms with Crippen molar-refractivity contribution >= 4 is 23.1 Å². The molecule has 3 aromatic carbocycles. The maximum Gasteiger partial charge on any atom is 0.224 e. The number of carbonyl (C=O) groups excluding carboxylic acids is 2. The van der Waals surface area contributed by atoms with Crippen molar-refractivity contribution in [3.63, 3.8) is 0 Å². The second kappa shape index (κ2) is 8.08. The van der Waals surface area contributed by atoms with Gasteiger partial charge in [0.15, 0.2) is 5.78 Å². The van der Waals surface area contributed by atoms with Gasteiger partial charge in [0.05, 0.1) is 17.4 Å². The van der Waals surface area contributed by atoms with Crippen LogP contribution in [0.2, 0.25) is 0 Å². The summed E-state index contributed by atoms with van der Waals surface area (Å²) in [6, 6.07) is 23.3. The van der Waals surface area contributed by atoms with Crippen LogP contribution in [0.3, 0.4) is 0 Å². The third-order valence-corrected chi connectivity index (χ3v) is 6.29. The highest BCUT2D eigenvalue weighted by atomic mass is 19.1. The van der Waals surface area contributed by atoms with Crippen molar-refractivity contribution in [1.29, 1.82) is 0 Å². The molecule has 2 aliphatic rings. The van der Waals surface area contributed by atoms with Gasteiger partial charge in [0.2, 0.25) is 5.91 Å². The predicted octanol–water partition coefficient (Wildman–Crippen LogP) is 5.75. The third-order valence-electron chi connectivity index (χ3n) is 6.29. The van der Waals surface area contributed by atoms with Gasteiger partial charge >= 0.3 is 0 Å². The molecule has 32 heavy (non-hydrogen) atoms. The van der Waals surface area contributed by atoms with Crippen molar-refractivity contribution in [2.75, 3.05) is 10.2 Å². The highest BCUT2D eigenvalue weighted by Crippen LogP contribution is 2.47. The summed E-state index contributed by atoms with van der Waals surface area (Å²) in [4.78, 5) is 28.2. The number of amides is 1. The number of carbonyl (C=O) groups is 2. The average molecular weight is 426 g/mol. The number of para-hydroxylation sites is 2. The van der Waals surface area contributed by atoms with E-state index in [1.165, 1.54) is 13.0 Å². The normalized spacial score (nSPS) is 20.2. The molecule has 1 aliphatic carbocycles. The first-order valence-electron chi connectivity index (χ1n) is 10.8.